The third-order valence-electron chi connectivity index (χ3n) is 24.0. The van der Waals surface area contributed by atoms with Crippen LogP contribution >= 0.6 is 0 Å². The Morgan fingerprint density at radius 3 is 0.893 bits per heavy atom. The van der Waals surface area contributed by atoms with E-state index in [1.54, 1.807) is 0 Å². The molecule has 122 heavy (non-hydrogen) atoms. The van der Waals surface area contributed by atoms with Gasteiger partial charge in [0.1, 0.15) is 0 Å². The molecule has 24 rings (SSSR count). The first-order valence-corrected chi connectivity index (χ1v) is 41.3. The van der Waals surface area contributed by atoms with Crippen LogP contribution in [0, 0.1) is 0 Å². The lowest BCUT2D eigenvalue weighted by Crippen LogP contribution is -2.04. The monoisotopic (exact) mass is 1560 g/mol. The molecule has 7 heterocycles. The van der Waals surface area contributed by atoms with E-state index in [9.17, 15) is 0 Å². The quantitative estimate of drug-likeness (QED) is 0.115. The number of para-hydroxylation sites is 4. The Bertz CT molecular complexity index is 8010. The van der Waals surface area contributed by atoms with Crippen molar-refractivity contribution in [2.24, 2.45) is 0 Å². The van der Waals surface area contributed by atoms with Crippen molar-refractivity contribution in [2.45, 2.75) is 0 Å². The second-order valence-electron chi connectivity index (χ2n) is 31.2. The van der Waals surface area contributed by atoms with E-state index < -0.39 is 0 Å². The highest BCUT2D eigenvalue weighted by molar-refractivity contribution is 6.16. The molecule has 0 bridgehead atoms. The van der Waals surface area contributed by atoms with E-state index >= 15 is 0 Å². The second-order valence-corrected chi connectivity index (χ2v) is 31.2. The van der Waals surface area contributed by atoms with Gasteiger partial charge in [-0.2, -0.15) is 0 Å². The fraction of sp³-hybridized carbons (Fsp3) is 0. The van der Waals surface area contributed by atoms with Crippen molar-refractivity contribution in [3.63, 3.8) is 0 Å². The van der Waals surface area contributed by atoms with E-state index in [2.05, 4.69) is 393 Å². The van der Waals surface area contributed by atoms with Gasteiger partial charge in [0.25, 0.3) is 0 Å². The van der Waals surface area contributed by atoms with Crippen molar-refractivity contribution in [1.29, 1.82) is 0 Å². The molecule has 0 aliphatic carbocycles. The first-order valence-electron chi connectivity index (χ1n) is 41.3. The van der Waals surface area contributed by atoms with Crippen molar-refractivity contribution < 1.29 is 0 Å². The Morgan fingerprint density at radius 2 is 0.459 bits per heavy atom. The summed E-state index contributed by atoms with van der Waals surface area (Å²) in [5.41, 5.74) is 30.7. The molecule has 0 amide bonds. The molecular formula is C113H73N9. The van der Waals surface area contributed by atoms with Gasteiger partial charge in [0.2, 0.25) is 5.95 Å². The molecule has 0 aliphatic heterocycles. The number of rotatable bonds is 13. The number of nitrogens with zero attached hydrogens (tertiary/aromatic N) is 9. The summed E-state index contributed by atoms with van der Waals surface area (Å²) in [7, 11) is 0. The fourth-order valence-corrected chi connectivity index (χ4v) is 18.1. The summed E-state index contributed by atoms with van der Waals surface area (Å²) < 4.78 is 9.28. The van der Waals surface area contributed by atoms with Crippen molar-refractivity contribution in [2.75, 3.05) is 0 Å². The lowest BCUT2D eigenvalue weighted by molar-refractivity contribution is 0.993. The summed E-state index contributed by atoms with van der Waals surface area (Å²) in [4.78, 5) is 25.0. The maximum absolute atomic E-state index is 5.17. The SMILES string of the molecule is c1ccc(-c2cc(-c3ccc(-n4c5ccc(-c6ccc(-c7ccc8c(c7)c7ccccc7n8-c7ccccc7)cc6)cc5c5cc6ccccc6cc54)cc3)nc(-c3ccccc3)n2)cc1.c1ccc(-c2cc(-c3ccccc3)nc(-n3c4ccc(-c5ccc(-c6ccc7c(c6)c6ccccc6n7-c6ccccc6)cc5)cc4c4ccncc43)n2)cc1. The van der Waals surface area contributed by atoms with Crippen LogP contribution in [-0.2, 0) is 0 Å². The molecule has 0 radical (unpaired) electrons. The number of aromatic nitrogens is 9. The Balaban J connectivity index is 0.000000144. The number of pyridine rings is 1. The molecule has 0 saturated carbocycles. The van der Waals surface area contributed by atoms with E-state index in [-0.39, 0.29) is 0 Å². The topological polar surface area (TPSA) is 84.2 Å². The van der Waals surface area contributed by atoms with Crippen LogP contribution in [0.3, 0.4) is 0 Å². The average Bonchev–Trinajstić information content (AvgIpc) is 1.49. The third kappa shape index (κ3) is 12.6. The predicted molar refractivity (Wildman–Crippen MR) is 506 cm³/mol. The van der Waals surface area contributed by atoms with Gasteiger partial charge in [-0.25, -0.2) is 19.9 Å². The van der Waals surface area contributed by atoms with Crippen LogP contribution in [0.2, 0.25) is 0 Å². The largest absolute Gasteiger partial charge is 0.309 e. The van der Waals surface area contributed by atoms with Crippen LogP contribution in [0.15, 0.2) is 443 Å². The summed E-state index contributed by atoms with van der Waals surface area (Å²) in [6.07, 6.45) is 3.77. The first kappa shape index (κ1) is 70.9. The van der Waals surface area contributed by atoms with E-state index in [1.165, 1.54) is 110 Å². The van der Waals surface area contributed by atoms with Gasteiger partial charge in [0, 0.05) is 94.2 Å². The van der Waals surface area contributed by atoms with Gasteiger partial charge in [-0.05, 0) is 183 Å². The standard InChI is InChI=1S/C62H40N4.C51H33N5/c1-4-14-43(15-5-1)56-40-57(64-62(63-56)45-16-6-2-7-17-45)44-28-32-51(33-29-44)66-60-35-31-49(38-54(60)55-36-46-18-10-11-19-47(46)39-61(55)66)42-26-24-41(25-27-42)48-30-34-59-53(37-48)52-22-12-13-23-58(52)65(59)50-20-8-3-9-21-50;1-4-12-36(13-5-1)45-32-46(37-14-6-2-7-15-37)54-51(53-45)56-49-27-25-39(31-44(49)42-28-29-52-33-50(42)56)35-22-20-34(21-23-35)38-24-26-48-43(30-38)41-18-10-11-19-47(41)55(48)40-16-8-3-9-17-40/h1-40H;1-33H. The summed E-state index contributed by atoms with van der Waals surface area (Å²) in [5, 5.41) is 12.1. The van der Waals surface area contributed by atoms with Gasteiger partial charge in [-0.3, -0.25) is 9.55 Å². The van der Waals surface area contributed by atoms with Crippen molar-refractivity contribution in [1.82, 2.24) is 43.2 Å². The van der Waals surface area contributed by atoms with Crippen molar-refractivity contribution >= 4 is 98.0 Å². The molecule has 0 fully saturated rings. The van der Waals surface area contributed by atoms with Gasteiger partial charge in [0.05, 0.1) is 73.1 Å². The molecule has 7 aromatic heterocycles. The van der Waals surface area contributed by atoms with Crippen molar-refractivity contribution in [3.8, 4) is 124 Å². The molecule has 0 N–H and O–H groups in total. The van der Waals surface area contributed by atoms with Gasteiger partial charge >= 0.3 is 0 Å². The molecule has 0 unspecified atom stereocenters. The summed E-state index contributed by atoms with van der Waals surface area (Å²) in [6.45, 7) is 0. The number of hydrogen-bond donors (Lipinski definition) is 0. The summed E-state index contributed by atoms with van der Waals surface area (Å²) in [5.74, 6) is 1.32. The summed E-state index contributed by atoms with van der Waals surface area (Å²) in [6, 6.07) is 153. The van der Waals surface area contributed by atoms with Gasteiger partial charge in [-0.1, -0.05) is 303 Å². The van der Waals surface area contributed by atoms with Gasteiger partial charge < -0.3 is 13.7 Å². The second kappa shape index (κ2) is 29.9. The van der Waals surface area contributed by atoms with Crippen LogP contribution < -0.4 is 0 Å². The first-order chi connectivity index (χ1) is 60.5. The zero-order valence-corrected chi connectivity index (χ0v) is 66.2. The molecule has 0 atom stereocenters. The molecule has 17 aromatic carbocycles. The zero-order valence-electron chi connectivity index (χ0n) is 66.2. The minimum atomic E-state index is 0.610. The Kier molecular flexibility index (Phi) is 17.4. The molecule has 570 valence electrons. The Hall–Kier alpha value is -16.5. The van der Waals surface area contributed by atoms with Crippen LogP contribution in [0.1, 0.15) is 0 Å². The van der Waals surface area contributed by atoms with E-state index in [0.717, 1.165) is 100 Å². The van der Waals surface area contributed by atoms with E-state index in [4.69, 9.17) is 19.9 Å². The third-order valence-corrected chi connectivity index (χ3v) is 24.0. The zero-order chi connectivity index (χ0) is 80.6. The van der Waals surface area contributed by atoms with Crippen LogP contribution in [-0.4, -0.2) is 43.2 Å². The number of hydrogen-bond acceptors (Lipinski definition) is 5. The lowest BCUT2D eigenvalue weighted by atomic mass is 9.98. The average molecular weight is 1560 g/mol. The normalized spacial score (nSPS) is 11.6. The maximum Gasteiger partial charge on any atom is 0.235 e. The lowest BCUT2D eigenvalue weighted by Gasteiger charge is -2.12. The molecular weight excluding hydrogens is 1480 g/mol. The van der Waals surface area contributed by atoms with E-state index in [0.29, 0.717) is 11.8 Å². The number of benzene rings is 17. The molecule has 24 aromatic rings. The number of fused-ring (bicyclic) bond motifs is 13. The van der Waals surface area contributed by atoms with Crippen LogP contribution in [0.25, 0.3) is 222 Å². The van der Waals surface area contributed by atoms with Crippen LogP contribution in [0.5, 0.6) is 0 Å². The fourth-order valence-electron chi connectivity index (χ4n) is 18.1. The molecule has 0 spiro atoms. The van der Waals surface area contributed by atoms with Crippen LogP contribution in [0.4, 0.5) is 0 Å². The van der Waals surface area contributed by atoms with E-state index in [1.807, 2.05) is 73.1 Å². The highest BCUT2D eigenvalue weighted by Crippen LogP contribution is 2.43. The smallest absolute Gasteiger partial charge is 0.235 e. The highest BCUT2D eigenvalue weighted by atomic mass is 15.2. The Labute approximate surface area is 703 Å². The minimum absolute atomic E-state index is 0.610. The Morgan fingerprint density at radius 1 is 0.164 bits per heavy atom. The molecule has 9 heteroatoms. The highest BCUT2D eigenvalue weighted by Gasteiger charge is 2.23. The summed E-state index contributed by atoms with van der Waals surface area (Å²) >= 11 is 0. The van der Waals surface area contributed by atoms with Gasteiger partial charge in [-0.15, -0.1) is 0 Å². The minimum Gasteiger partial charge on any atom is -0.309 e. The van der Waals surface area contributed by atoms with Gasteiger partial charge in [0.15, 0.2) is 5.82 Å². The molecule has 9 nitrogen and oxygen atoms in total. The maximum atomic E-state index is 5.17. The van der Waals surface area contributed by atoms with Crippen molar-refractivity contribution in [3.05, 3.63) is 443 Å². The molecule has 0 saturated heterocycles. The molecule has 0 aliphatic rings. The predicted octanol–water partition coefficient (Wildman–Crippen LogP) is 28.9.